The minimum Gasteiger partial charge on any atom is -0.490 e. The Balaban J connectivity index is 1.34. The van der Waals surface area contributed by atoms with Crippen molar-refractivity contribution in [3.05, 3.63) is 123 Å². The van der Waals surface area contributed by atoms with E-state index in [0.29, 0.717) is 58.2 Å². The zero-order valence-electron chi connectivity index (χ0n) is 20.7. The quantitative estimate of drug-likeness (QED) is 0.157. The van der Waals surface area contributed by atoms with Gasteiger partial charge in [-0.3, -0.25) is 4.79 Å². The van der Waals surface area contributed by atoms with Gasteiger partial charge in [-0.1, -0.05) is 65.7 Å². The highest BCUT2D eigenvalue weighted by Crippen LogP contribution is 2.29. The molecule has 1 amide bonds. The summed E-state index contributed by atoms with van der Waals surface area (Å²) in [6, 6.07) is 27.5. The molecule has 194 valence electrons. The Morgan fingerprint density at radius 3 is 2.18 bits per heavy atom. The van der Waals surface area contributed by atoms with Crippen LogP contribution in [0.1, 0.15) is 34.0 Å². The molecule has 0 saturated heterocycles. The van der Waals surface area contributed by atoms with E-state index in [1.807, 2.05) is 61.5 Å². The maximum atomic E-state index is 12.7. The van der Waals surface area contributed by atoms with Crippen LogP contribution in [-0.2, 0) is 13.2 Å². The third-order valence-electron chi connectivity index (χ3n) is 5.39. The van der Waals surface area contributed by atoms with Crippen LogP contribution in [0.25, 0.3) is 0 Å². The molecule has 4 aromatic rings. The molecule has 0 aromatic heterocycles. The Labute approximate surface area is 231 Å². The average Bonchev–Trinajstić information content (AvgIpc) is 2.93. The fraction of sp³-hybridized carbons (Fsp3) is 0.133. The van der Waals surface area contributed by atoms with Gasteiger partial charge in [0.2, 0.25) is 0 Å². The number of benzene rings is 4. The van der Waals surface area contributed by atoms with Gasteiger partial charge in [0.25, 0.3) is 5.91 Å². The number of hydrazone groups is 1. The van der Waals surface area contributed by atoms with Crippen LogP contribution >= 0.6 is 23.2 Å². The highest BCUT2D eigenvalue weighted by atomic mass is 35.5. The summed E-state index contributed by atoms with van der Waals surface area (Å²) in [6.07, 6.45) is 1.51. The molecule has 0 bridgehead atoms. The van der Waals surface area contributed by atoms with Gasteiger partial charge in [0.05, 0.1) is 17.8 Å². The van der Waals surface area contributed by atoms with Gasteiger partial charge in [0, 0.05) is 10.6 Å². The SMILES string of the molecule is CCOc1cc(C(=O)N/N=C/c2ccc(OCc3ccc(Cl)cc3)c(Cl)c2)ccc1OCc1ccccc1. The van der Waals surface area contributed by atoms with Gasteiger partial charge in [0.1, 0.15) is 19.0 Å². The number of hydrogen-bond donors (Lipinski definition) is 1. The van der Waals surface area contributed by atoms with Crippen LogP contribution in [0.2, 0.25) is 10.0 Å². The predicted octanol–water partition coefficient (Wildman–Crippen LogP) is 7.31. The molecule has 4 rings (SSSR count). The lowest BCUT2D eigenvalue weighted by molar-refractivity contribution is 0.0954. The molecule has 0 aliphatic rings. The average molecular weight is 549 g/mol. The first-order chi connectivity index (χ1) is 18.5. The topological polar surface area (TPSA) is 69.2 Å². The number of halogens is 2. The van der Waals surface area contributed by atoms with Crippen molar-refractivity contribution < 1.29 is 19.0 Å². The molecule has 0 aliphatic heterocycles. The second-order valence-electron chi connectivity index (χ2n) is 8.17. The molecule has 0 heterocycles. The molecule has 8 heteroatoms. The first-order valence-electron chi connectivity index (χ1n) is 12.0. The second kappa shape index (κ2) is 13.5. The summed E-state index contributed by atoms with van der Waals surface area (Å²) in [4.78, 5) is 12.7. The van der Waals surface area contributed by atoms with Gasteiger partial charge >= 0.3 is 0 Å². The molecule has 0 saturated carbocycles. The zero-order chi connectivity index (χ0) is 26.7. The van der Waals surface area contributed by atoms with E-state index in [-0.39, 0.29) is 5.91 Å². The van der Waals surface area contributed by atoms with Crippen LogP contribution in [0.4, 0.5) is 0 Å². The van der Waals surface area contributed by atoms with Crippen LogP contribution in [0.5, 0.6) is 17.2 Å². The normalized spacial score (nSPS) is 10.8. The molecule has 0 aliphatic carbocycles. The third-order valence-corrected chi connectivity index (χ3v) is 5.93. The van der Waals surface area contributed by atoms with Crippen molar-refractivity contribution in [1.82, 2.24) is 5.43 Å². The van der Waals surface area contributed by atoms with Gasteiger partial charge in [-0.15, -0.1) is 0 Å². The molecule has 0 fully saturated rings. The number of ether oxygens (including phenoxy) is 3. The van der Waals surface area contributed by atoms with Crippen LogP contribution < -0.4 is 19.6 Å². The predicted molar refractivity (Wildman–Crippen MR) is 151 cm³/mol. The number of hydrogen-bond acceptors (Lipinski definition) is 5. The Morgan fingerprint density at radius 2 is 1.47 bits per heavy atom. The molecule has 0 radical (unpaired) electrons. The Morgan fingerprint density at radius 1 is 0.789 bits per heavy atom. The van der Waals surface area contributed by atoms with Gasteiger partial charge in [-0.25, -0.2) is 5.43 Å². The first kappa shape index (κ1) is 27.0. The lowest BCUT2D eigenvalue weighted by Crippen LogP contribution is -2.17. The van der Waals surface area contributed by atoms with Crippen LogP contribution in [0.15, 0.2) is 96.1 Å². The van der Waals surface area contributed by atoms with E-state index in [9.17, 15) is 4.79 Å². The maximum Gasteiger partial charge on any atom is 0.271 e. The smallest absolute Gasteiger partial charge is 0.271 e. The van der Waals surface area contributed by atoms with Crippen molar-refractivity contribution in [1.29, 1.82) is 0 Å². The first-order valence-corrected chi connectivity index (χ1v) is 12.7. The summed E-state index contributed by atoms with van der Waals surface area (Å²) >= 11 is 12.3. The third kappa shape index (κ3) is 7.75. The summed E-state index contributed by atoms with van der Waals surface area (Å²) in [7, 11) is 0. The van der Waals surface area contributed by atoms with Crippen LogP contribution in [-0.4, -0.2) is 18.7 Å². The van der Waals surface area contributed by atoms with Gasteiger partial charge < -0.3 is 14.2 Å². The maximum absolute atomic E-state index is 12.7. The molecular formula is C30H26Cl2N2O4. The Hall–Kier alpha value is -4.00. The van der Waals surface area contributed by atoms with E-state index in [1.54, 1.807) is 36.4 Å². The number of rotatable bonds is 11. The van der Waals surface area contributed by atoms with Crippen molar-refractivity contribution >= 4 is 35.3 Å². The zero-order valence-corrected chi connectivity index (χ0v) is 22.2. The fourth-order valence-electron chi connectivity index (χ4n) is 3.46. The minimum absolute atomic E-state index is 0.361. The largest absolute Gasteiger partial charge is 0.490 e. The summed E-state index contributed by atoms with van der Waals surface area (Å²) in [6.45, 7) is 3.06. The highest BCUT2D eigenvalue weighted by Gasteiger charge is 2.12. The van der Waals surface area contributed by atoms with Crippen molar-refractivity contribution in [3.8, 4) is 17.2 Å². The number of amides is 1. The van der Waals surface area contributed by atoms with Crippen molar-refractivity contribution in [2.45, 2.75) is 20.1 Å². The molecule has 6 nitrogen and oxygen atoms in total. The molecular weight excluding hydrogens is 523 g/mol. The number of carbonyl (C=O) groups is 1. The van der Waals surface area contributed by atoms with E-state index in [0.717, 1.165) is 11.1 Å². The van der Waals surface area contributed by atoms with Gasteiger partial charge in [-0.05, 0) is 72.1 Å². The van der Waals surface area contributed by atoms with E-state index in [2.05, 4.69) is 10.5 Å². The summed E-state index contributed by atoms with van der Waals surface area (Å²) < 4.78 is 17.4. The molecule has 0 unspecified atom stereocenters. The summed E-state index contributed by atoms with van der Waals surface area (Å²) in [5.74, 6) is 1.21. The van der Waals surface area contributed by atoms with Gasteiger partial charge in [0.15, 0.2) is 11.5 Å². The number of nitrogens with one attached hydrogen (secondary N) is 1. The van der Waals surface area contributed by atoms with Crippen molar-refractivity contribution in [2.24, 2.45) is 5.10 Å². The van der Waals surface area contributed by atoms with Crippen molar-refractivity contribution in [2.75, 3.05) is 6.61 Å². The minimum atomic E-state index is -0.383. The monoisotopic (exact) mass is 548 g/mol. The number of nitrogens with zero attached hydrogens (tertiary/aromatic N) is 1. The summed E-state index contributed by atoms with van der Waals surface area (Å²) in [5.41, 5.74) is 5.63. The molecule has 0 spiro atoms. The van der Waals surface area contributed by atoms with E-state index in [1.165, 1.54) is 6.21 Å². The standard InChI is InChI=1S/C30H26Cl2N2O4/c1-2-36-29-17-24(11-15-28(29)38-19-21-6-4-3-5-7-21)30(35)34-33-18-23-10-14-27(26(32)16-23)37-20-22-8-12-25(31)13-9-22/h3-18H,2,19-20H2,1H3,(H,34,35)/b33-18+. The second-order valence-corrected chi connectivity index (χ2v) is 9.02. The Kier molecular flexibility index (Phi) is 9.62. The van der Waals surface area contributed by atoms with Crippen molar-refractivity contribution in [3.63, 3.8) is 0 Å². The molecule has 38 heavy (non-hydrogen) atoms. The number of carbonyl (C=O) groups excluding carboxylic acids is 1. The Bertz CT molecular complexity index is 1390. The highest BCUT2D eigenvalue weighted by molar-refractivity contribution is 6.32. The molecule has 4 aromatic carbocycles. The molecule has 1 N–H and O–H groups in total. The van der Waals surface area contributed by atoms with E-state index in [4.69, 9.17) is 37.4 Å². The lowest BCUT2D eigenvalue weighted by atomic mass is 10.2. The lowest BCUT2D eigenvalue weighted by Gasteiger charge is -2.13. The van der Waals surface area contributed by atoms with Gasteiger partial charge in [-0.2, -0.15) is 5.10 Å². The van der Waals surface area contributed by atoms with E-state index >= 15 is 0 Å². The molecule has 0 atom stereocenters. The van der Waals surface area contributed by atoms with Crippen LogP contribution in [0.3, 0.4) is 0 Å². The summed E-state index contributed by atoms with van der Waals surface area (Å²) in [5, 5.41) is 5.16. The van der Waals surface area contributed by atoms with Crippen LogP contribution in [0, 0.1) is 0 Å². The fourth-order valence-corrected chi connectivity index (χ4v) is 3.83. The van der Waals surface area contributed by atoms with E-state index < -0.39 is 0 Å².